The molecular weight excluding hydrogens is 332 g/mol. The monoisotopic (exact) mass is 352 g/mol. The predicted molar refractivity (Wildman–Crippen MR) is 95.8 cm³/mol. The van der Waals surface area contributed by atoms with Gasteiger partial charge in [-0.3, -0.25) is 9.88 Å². The van der Waals surface area contributed by atoms with Crippen molar-refractivity contribution in [2.75, 3.05) is 6.61 Å². The molecule has 3 rings (SSSR count). The predicted octanol–water partition coefficient (Wildman–Crippen LogP) is 3.57. The van der Waals surface area contributed by atoms with E-state index >= 15 is 0 Å². The van der Waals surface area contributed by atoms with Crippen molar-refractivity contribution in [1.29, 1.82) is 0 Å². The van der Waals surface area contributed by atoms with Crippen LogP contribution >= 0.6 is 0 Å². The molecule has 6 heteroatoms. The molecular formula is C20H20N2O4. The van der Waals surface area contributed by atoms with Gasteiger partial charge in [-0.15, -0.1) is 0 Å². The summed E-state index contributed by atoms with van der Waals surface area (Å²) in [6.07, 6.45) is 3.78. The van der Waals surface area contributed by atoms with E-state index in [1.54, 1.807) is 38.4 Å². The number of aromatic nitrogens is 1. The summed E-state index contributed by atoms with van der Waals surface area (Å²) in [5.41, 5.74) is 1.96. The number of pyridine rings is 1. The SMILES string of the molecule is CC(C)OC(=O)C=C(c1cccnc1)N1C(=O)OC[C@H]1c1ccccc1. The maximum atomic E-state index is 12.5. The van der Waals surface area contributed by atoms with Crippen LogP contribution in [0.4, 0.5) is 4.79 Å². The van der Waals surface area contributed by atoms with E-state index < -0.39 is 12.1 Å². The highest BCUT2D eigenvalue weighted by atomic mass is 16.6. The molecule has 6 nitrogen and oxygen atoms in total. The maximum Gasteiger partial charge on any atom is 0.415 e. The Balaban J connectivity index is 2.03. The number of carbonyl (C=O) groups is 2. The Morgan fingerprint density at radius 1 is 1.27 bits per heavy atom. The summed E-state index contributed by atoms with van der Waals surface area (Å²) in [7, 11) is 0. The molecule has 2 aromatic rings. The summed E-state index contributed by atoms with van der Waals surface area (Å²) in [6, 6.07) is 12.8. The molecule has 0 aliphatic carbocycles. The minimum atomic E-state index is -0.523. The van der Waals surface area contributed by atoms with Gasteiger partial charge in [0.15, 0.2) is 0 Å². The Bertz CT molecular complexity index is 803. The first-order chi connectivity index (χ1) is 12.6. The Labute approximate surface area is 152 Å². The van der Waals surface area contributed by atoms with Crippen LogP contribution in [-0.2, 0) is 14.3 Å². The molecule has 1 aliphatic rings. The molecule has 0 unspecified atom stereocenters. The second-order valence-electron chi connectivity index (χ2n) is 6.13. The van der Waals surface area contributed by atoms with Gasteiger partial charge in [0.25, 0.3) is 0 Å². The van der Waals surface area contributed by atoms with E-state index in [4.69, 9.17) is 9.47 Å². The molecule has 134 valence electrons. The van der Waals surface area contributed by atoms with Crippen molar-refractivity contribution in [3.05, 3.63) is 72.1 Å². The highest BCUT2D eigenvalue weighted by Gasteiger charge is 2.37. The zero-order chi connectivity index (χ0) is 18.5. The van der Waals surface area contributed by atoms with Crippen molar-refractivity contribution in [1.82, 2.24) is 9.88 Å². The lowest BCUT2D eigenvalue weighted by molar-refractivity contribution is -0.141. The third kappa shape index (κ3) is 3.91. The third-order valence-corrected chi connectivity index (χ3v) is 3.88. The first-order valence-corrected chi connectivity index (χ1v) is 8.40. The number of ether oxygens (including phenoxy) is 2. The molecule has 0 radical (unpaired) electrons. The molecule has 0 saturated carbocycles. The van der Waals surface area contributed by atoms with E-state index in [-0.39, 0.29) is 18.8 Å². The van der Waals surface area contributed by atoms with E-state index in [0.717, 1.165) is 5.56 Å². The van der Waals surface area contributed by atoms with Gasteiger partial charge in [0.1, 0.15) is 6.61 Å². The fraction of sp³-hybridized carbons (Fsp3) is 0.250. The lowest BCUT2D eigenvalue weighted by Gasteiger charge is -2.24. The number of hydrogen-bond donors (Lipinski definition) is 0. The lowest BCUT2D eigenvalue weighted by Crippen LogP contribution is -2.27. The van der Waals surface area contributed by atoms with Gasteiger partial charge in [0.05, 0.1) is 17.8 Å². The molecule has 2 heterocycles. The molecule has 0 spiro atoms. The quantitative estimate of drug-likeness (QED) is 0.608. The summed E-state index contributed by atoms with van der Waals surface area (Å²) in [6.45, 7) is 3.75. The Morgan fingerprint density at radius 3 is 2.69 bits per heavy atom. The zero-order valence-corrected chi connectivity index (χ0v) is 14.7. The topological polar surface area (TPSA) is 68.7 Å². The van der Waals surface area contributed by atoms with E-state index in [1.807, 2.05) is 30.3 Å². The number of esters is 1. The number of hydrogen-bond acceptors (Lipinski definition) is 5. The smallest absolute Gasteiger partial charge is 0.415 e. The van der Waals surface area contributed by atoms with E-state index in [2.05, 4.69) is 4.98 Å². The van der Waals surface area contributed by atoms with Gasteiger partial charge in [-0.2, -0.15) is 0 Å². The number of benzene rings is 1. The van der Waals surface area contributed by atoms with Crippen LogP contribution in [0.1, 0.15) is 31.0 Å². The normalized spacial score (nSPS) is 17.3. The highest BCUT2D eigenvalue weighted by Crippen LogP contribution is 2.35. The van der Waals surface area contributed by atoms with Gasteiger partial charge in [0, 0.05) is 24.0 Å². The van der Waals surface area contributed by atoms with Crippen molar-refractivity contribution >= 4 is 17.8 Å². The molecule has 0 bridgehead atoms. The molecule has 1 atom stereocenters. The summed E-state index contributed by atoms with van der Waals surface area (Å²) >= 11 is 0. The number of amides is 1. The minimum absolute atomic E-state index is 0.208. The van der Waals surface area contributed by atoms with Crippen LogP contribution in [-0.4, -0.2) is 34.7 Å². The minimum Gasteiger partial charge on any atom is -0.460 e. The van der Waals surface area contributed by atoms with Gasteiger partial charge < -0.3 is 9.47 Å². The number of nitrogens with zero attached hydrogens (tertiary/aromatic N) is 2. The van der Waals surface area contributed by atoms with Crippen LogP contribution in [0, 0.1) is 0 Å². The van der Waals surface area contributed by atoms with Crippen molar-refractivity contribution in [2.45, 2.75) is 26.0 Å². The molecule has 1 aliphatic heterocycles. The Hall–Kier alpha value is -3.15. The van der Waals surface area contributed by atoms with Crippen molar-refractivity contribution in [2.24, 2.45) is 0 Å². The third-order valence-electron chi connectivity index (χ3n) is 3.88. The molecule has 1 aromatic carbocycles. The van der Waals surface area contributed by atoms with Crippen LogP contribution in [0.3, 0.4) is 0 Å². The van der Waals surface area contributed by atoms with Crippen LogP contribution < -0.4 is 0 Å². The Kier molecular flexibility index (Phi) is 5.31. The first-order valence-electron chi connectivity index (χ1n) is 8.40. The molecule has 1 saturated heterocycles. The molecule has 0 N–H and O–H groups in total. The Morgan fingerprint density at radius 2 is 2.04 bits per heavy atom. The van der Waals surface area contributed by atoms with Gasteiger partial charge in [-0.05, 0) is 31.5 Å². The second-order valence-corrected chi connectivity index (χ2v) is 6.13. The van der Waals surface area contributed by atoms with Crippen LogP contribution in [0.2, 0.25) is 0 Å². The standard InChI is InChI=1S/C20H20N2O4/c1-14(2)26-19(23)11-17(16-9-6-10-21-12-16)22-18(13-25-20(22)24)15-7-4-3-5-8-15/h3-12,14,18H,13H2,1-2H3/t18-/m0/s1. The van der Waals surface area contributed by atoms with Crippen LogP contribution in [0.15, 0.2) is 60.9 Å². The summed E-state index contributed by atoms with van der Waals surface area (Å²) in [5, 5.41) is 0. The van der Waals surface area contributed by atoms with Gasteiger partial charge in [-0.1, -0.05) is 30.3 Å². The summed E-state index contributed by atoms with van der Waals surface area (Å²) < 4.78 is 10.5. The number of cyclic esters (lactones) is 1. The highest BCUT2D eigenvalue weighted by molar-refractivity contribution is 5.95. The van der Waals surface area contributed by atoms with Gasteiger partial charge >= 0.3 is 12.1 Å². The summed E-state index contributed by atoms with van der Waals surface area (Å²) in [4.78, 5) is 30.3. The molecule has 1 fully saturated rings. The second kappa shape index (κ2) is 7.82. The molecule has 1 aromatic heterocycles. The van der Waals surface area contributed by atoms with Crippen molar-refractivity contribution in [3.63, 3.8) is 0 Å². The van der Waals surface area contributed by atoms with Gasteiger partial charge in [0.2, 0.25) is 0 Å². The lowest BCUT2D eigenvalue weighted by atomic mass is 10.0. The average Bonchev–Trinajstić information content (AvgIpc) is 3.02. The number of rotatable bonds is 5. The van der Waals surface area contributed by atoms with Crippen molar-refractivity contribution in [3.8, 4) is 0 Å². The molecule has 1 amide bonds. The number of carbonyl (C=O) groups excluding carboxylic acids is 2. The average molecular weight is 352 g/mol. The largest absolute Gasteiger partial charge is 0.460 e. The fourth-order valence-corrected chi connectivity index (χ4v) is 2.79. The fourth-order valence-electron chi connectivity index (χ4n) is 2.79. The first kappa shape index (κ1) is 17.7. The van der Waals surface area contributed by atoms with E-state index in [1.165, 1.54) is 11.0 Å². The van der Waals surface area contributed by atoms with Crippen molar-refractivity contribution < 1.29 is 19.1 Å². The van der Waals surface area contributed by atoms with Crippen LogP contribution in [0.5, 0.6) is 0 Å². The maximum absolute atomic E-state index is 12.5. The van der Waals surface area contributed by atoms with E-state index in [9.17, 15) is 9.59 Å². The summed E-state index contributed by atoms with van der Waals surface area (Å²) in [5.74, 6) is -0.523. The molecule has 26 heavy (non-hydrogen) atoms. The zero-order valence-electron chi connectivity index (χ0n) is 14.7. The van der Waals surface area contributed by atoms with E-state index in [0.29, 0.717) is 11.3 Å². The van der Waals surface area contributed by atoms with Crippen LogP contribution in [0.25, 0.3) is 5.70 Å². The van der Waals surface area contributed by atoms with Gasteiger partial charge in [-0.25, -0.2) is 9.59 Å².